The highest BCUT2D eigenvalue weighted by molar-refractivity contribution is 7.75. The SMILES string of the molecule is Cc1ccc(N2CC(C)OS(=O)OC(C)C2)cc1. The van der Waals surface area contributed by atoms with Crippen LogP contribution in [0.5, 0.6) is 0 Å². The lowest BCUT2D eigenvalue weighted by Crippen LogP contribution is -2.41. The molecular weight excluding hydrogens is 250 g/mol. The third kappa shape index (κ3) is 3.54. The summed E-state index contributed by atoms with van der Waals surface area (Å²) in [7, 11) is 0. The summed E-state index contributed by atoms with van der Waals surface area (Å²) in [5.41, 5.74) is 2.37. The van der Waals surface area contributed by atoms with Gasteiger partial charge in [-0.25, -0.2) is 0 Å². The molecule has 18 heavy (non-hydrogen) atoms. The maximum absolute atomic E-state index is 11.4. The Morgan fingerprint density at radius 1 is 1.11 bits per heavy atom. The van der Waals surface area contributed by atoms with E-state index in [4.69, 9.17) is 8.37 Å². The van der Waals surface area contributed by atoms with Crippen molar-refractivity contribution in [2.75, 3.05) is 18.0 Å². The topological polar surface area (TPSA) is 38.8 Å². The highest BCUT2D eigenvalue weighted by Gasteiger charge is 2.22. The molecule has 0 N–H and O–H groups in total. The molecule has 0 bridgehead atoms. The molecule has 2 atom stereocenters. The van der Waals surface area contributed by atoms with Crippen molar-refractivity contribution >= 4 is 17.0 Å². The fourth-order valence-electron chi connectivity index (χ4n) is 2.01. The van der Waals surface area contributed by atoms with Crippen molar-refractivity contribution in [2.45, 2.75) is 33.0 Å². The molecule has 4 nitrogen and oxygen atoms in total. The lowest BCUT2D eigenvalue weighted by Gasteiger charge is -2.32. The van der Waals surface area contributed by atoms with Gasteiger partial charge < -0.3 is 4.90 Å². The Kier molecular flexibility index (Phi) is 4.37. The summed E-state index contributed by atoms with van der Waals surface area (Å²) in [6, 6.07) is 8.35. The zero-order valence-corrected chi connectivity index (χ0v) is 11.8. The number of anilines is 1. The Hall–Kier alpha value is -0.910. The molecule has 1 heterocycles. The van der Waals surface area contributed by atoms with Crippen LogP contribution in [0.2, 0.25) is 0 Å². The normalized spacial score (nSPS) is 29.7. The van der Waals surface area contributed by atoms with Gasteiger partial charge in [0.05, 0.1) is 12.2 Å². The monoisotopic (exact) mass is 269 g/mol. The number of hydrogen-bond acceptors (Lipinski definition) is 4. The van der Waals surface area contributed by atoms with Gasteiger partial charge in [-0.3, -0.25) is 8.37 Å². The summed E-state index contributed by atoms with van der Waals surface area (Å²) >= 11 is -1.63. The number of aryl methyl sites for hydroxylation is 1. The molecule has 1 aromatic carbocycles. The average molecular weight is 269 g/mol. The molecule has 0 aromatic heterocycles. The third-order valence-corrected chi connectivity index (χ3v) is 3.81. The van der Waals surface area contributed by atoms with E-state index in [0.29, 0.717) is 13.1 Å². The fourth-order valence-corrected chi connectivity index (χ4v) is 2.72. The minimum absolute atomic E-state index is 0.125. The number of benzene rings is 1. The molecule has 1 aliphatic heterocycles. The van der Waals surface area contributed by atoms with E-state index in [1.165, 1.54) is 5.56 Å². The molecule has 0 aliphatic carbocycles. The Bertz CT molecular complexity index is 405. The molecule has 0 amide bonds. The summed E-state index contributed by atoms with van der Waals surface area (Å²) in [4.78, 5) is 2.20. The average Bonchev–Trinajstić information content (AvgIpc) is 2.26. The highest BCUT2D eigenvalue weighted by atomic mass is 32.2. The number of rotatable bonds is 1. The van der Waals surface area contributed by atoms with E-state index in [0.717, 1.165) is 5.69 Å². The summed E-state index contributed by atoms with van der Waals surface area (Å²) in [5.74, 6) is 0. The lowest BCUT2D eigenvalue weighted by molar-refractivity contribution is 0.148. The molecule has 0 saturated carbocycles. The largest absolute Gasteiger partial charge is 0.366 e. The molecule has 0 radical (unpaired) electrons. The molecule has 2 rings (SSSR count). The van der Waals surface area contributed by atoms with Gasteiger partial charge in [0.15, 0.2) is 0 Å². The maximum Gasteiger partial charge on any atom is 0.305 e. The lowest BCUT2D eigenvalue weighted by atomic mass is 10.2. The van der Waals surface area contributed by atoms with Crippen LogP contribution < -0.4 is 4.90 Å². The van der Waals surface area contributed by atoms with Crippen molar-refractivity contribution in [3.8, 4) is 0 Å². The first-order valence-electron chi connectivity index (χ1n) is 6.12. The van der Waals surface area contributed by atoms with Crippen LogP contribution >= 0.6 is 0 Å². The van der Waals surface area contributed by atoms with Crippen LogP contribution in [0.4, 0.5) is 5.69 Å². The second kappa shape index (κ2) is 5.82. The van der Waals surface area contributed by atoms with Gasteiger partial charge in [-0.15, -0.1) is 0 Å². The van der Waals surface area contributed by atoms with Gasteiger partial charge >= 0.3 is 11.4 Å². The first-order chi connectivity index (χ1) is 8.54. The first kappa shape index (κ1) is 13.5. The van der Waals surface area contributed by atoms with E-state index < -0.39 is 11.4 Å². The van der Waals surface area contributed by atoms with Crippen molar-refractivity contribution in [3.05, 3.63) is 29.8 Å². The molecule has 1 aliphatic rings. The number of hydrogen-bond donors (Lipinski definition) is 0. The Morgan fingerprint density at radius 2 is 1.61 bits per heavy atom. The van der Waals surface area contributed by atoms with Gasteiger partial charge in [0.25, 0.3) is 0 Å². The quantitative estimate of drug-likeness (QED) is 0.783. The second-order valence-electron chi connectivity index (χ2n) is 4.76. The smallest absolute Gasteiger partial charge is 0.305 e. The zero-order valence-electron chi connectivity index (χ0n) is 11.0. The Balaban J connectivity index is 2.15. The molecule has 1 aromatic rings. The maximum atomic E-state index is 11.4. The summed E-state index contributed by atoms with van der Waals surface area (Å²) in [6.07, 6.45) is -0.251. The first-order valence-corrected chi connectivity index (χ1v) is 7.12. The molecule has 5 heteroatoms. The van der Waals surface area contributed by atoms with Crippen LogP contribution in [-0.2, 0) is 19.7 Å². The van der Waals surface area contributed by atoms with Gasteiger partial charge in [0, 0.05) is 18.8 Å². The van der Waals surface area contributed by atoms with Crippen LogP contribution in [0.1, 0.15) is 19.4 Å². The molecule has 1 saturated heterocycles. The molecular formula is C13H19NO3S. The van der Waals surface area contributed by atoms with Gasteiger partial charge in [0.1, 0.15) is 0 Å². The summed E-state index contributed by atoms with van der Waals surface area (Å²) in [6.45, 7) is 7.29. The van der Waals surface area contributed by atoms with Crippen LogP contribution in [0, 0.1) is 6.92 Å². The summed E-state index contributed by atoms with van der Waals surface area (Å²) in [5, 5.41) is 0. The van der Waals surface area contributed by atoms with E-state index in [9.17, 15) is 4.21 Å². The predicted octanol–water partition coefficient (Wildman–Crippen LogP) is 2.20. The molecule has 1 fully saturated rings. The van der Waals surface area contributed by atoms with Crippen LogP contribution in [0.3, 0.4) is 0 Å². The van der Waals surface area contributed by atoms with Crippen LogP contribution in [-0.4, -0.2) is 29.5 Å². The van der Waals surface area contributed by atoms with E-state index >= 15 is 0 Å². The van der Waals surface area contributed by atoms with Crippen molar-refractivity contribution in [2.24, 2.45) is 0 Å². The second-order valence-corrected chi connectivity index (χ2v) is 5.55. The van der Waals surface area contributed by atoms with Crippen molar-refractivity contribution in [1.82, 2.24) is 0 Å². The van der Waals surface area contributed by atoms with Crippen molar-refractivity contribution < 1.29 is 12.6 Å². The van der Waals surface area contributed by atoms with E-state index in [2.05, 4.69) is 36.1 Å². The summed E-state index contributed by atoms with van der Waals surface area (Å²) < 4.78 is 21.9. The fraction of sp³-hybridized carbons (Fsp3) is 0.538. The van der Waals surface area contributed by atoms with Gasteiger partial charge in [-0.2, -0.15) is 4.21 Å². The van der Waals surface area contributed by atoms with Crippen molar-refractivity contribution in [1.29, 1.82) is 0 Å². The van der Waals surface area contributed by atoms with E-state index in [1.54, 1.807) is 0 Å². The van der Waals surface area contributed by atoms with Crippen LogP contribution in [0.15, 0.2) is 24.3 Å². The molecule has 100 valence electrons. The number of nitrogens with zero attached hydrogens (tertiary/aromatic N) is 1. The highest BCUT2D eigenvalue weighted by Crippen LogP contribution is 2.19. The molecule has 0 spiro atoms. The zero-order chi connectivity index (χ0) is 13.1. The third-order valence-electron chi connectivity index (χ3n) is 2.84. The standard InChI is InChI=1S/C13H19NO3S/c1-10-4-6-13(7-5-10)14-8-11(2)16-18(15)17-12(3)9-14/h4-7,11-12H,8-9H2,1-3H3. The van der Waals surface area contributed by atoms with E-state index in [1.807, 2.05) is 13.8 Å². The van der Waals surface area contributed by atoms with E-state index in [-0.39, 0.29) is 12.2 Å². The van der Waals surface area contributed by atoms with Gasteiger partial charge in [-0.05, 0) is 32.9 Å². The van der Waals surface area contributed by atoms with Crippen molar-refractivity contribution in [3.63, 3.8) is 0 Å². The van der Waals surface area contributed by atoms with Gasteiger partial charge in [-0.1, -0.05) is 17.7 Å². The Morgan fingerprint density at radius 3 is 2.11 bits per heavy atom. The minimum atomic E-state index is -1.63. The minimum Gasteiger partial charge on any atom is -0.366 e. The van der Waals surface area contributed by atoms with Crippen LogP contribution in [0.25, 0.3) is 0 Å². The predicted molar refractivity (Wildman–Crippen MR) is 72.6 cm³/mol. The molecule has 2 unspecified atom stereocenters. The Labute approximate surface area is 111 Å². The van der Waals surface area contributed by atoms with Gasteiger partial charge in [0.2, 0.25) is 0 Å².